The number of carbonyl (C=O) groups excluding carboxylic acids is 1. The molecule has 220 valence electrons. The van der Waals surface area contributed by atoms with Crippen molar-refractivity contribution >= 4 is 38.9 Å². The standard InChI is InChI=1S/C28H37FN8O3S/c1-19-7-8-22(33-41(2,39)40)21(14-19)28(38)36-12-4-3-6-24(36)23-15-26-31-25(34-10-5-11-34)16-27(37(26)32-23)35-13-9-30-20(17-29)18-35/h7-8,14-16,20,24,30,33H,3-6,9-13,17-18H2,1-2H3. The van der Waals surface area contributed by atoms with E-state index in [1.165, 1.54) is 0 Å². The average molecular weight is 585 g/mol. The Labute approximate surface area is 239 Å². The number of carbonyl (C=O) groups is 1. The lowest BCUT2D eigenvalue weighted by Crippen LogP contribution is -2.52. The molecule has 1 amide bonds. The summed E-state index contributed by atoms with van der Waals surface area (Å²) in [4.78, 5) is 25.2. The van der Waals surface area contributed by atoms with Gasteiger partial charge >= 0.3 is 0 Å². The normalized spacial score (nSPS) is 21.7. The number of amides is 1. The Balaban J connectivity index is 1.38. The van der Waals surface area contributed by atoms with E-state index in [2.05, 4.69) is 19.8 Å². The number of fused-ring (bicyclic) bond motifs is 1. The van der Waals surface area contributed by atoms with Gasteiger partial charge in [-0.2, -0.15) is 9.61 Å². The minimum Gasteiger partial charge on any atom is -0.356 e. The van der Waals surface area contributed by atoms with Crippen LogP contribution in [-0.4, -0.2) is 92.1 Å². The molecule has 2 atom stereocenters. The molecule has 2 N–H and O–H groups in total. The fourth-order valence-corrected chi connectivity index (χ4v) is 6.53. The third kappa shape index (κ3) is 5.69. The largest absolute Gasteiger partial charge is 0.356 e. The number of sulfonamides is 1. The van der Waals surface area contributed by atoms with Gasteiger partial charge in [-0.25, -0.2) is 17.8 Å². The number of hydrogen-bond donors (Lipinski definition) is 2. The summed E-state index contributed by atoms with van der Waals surface area (Å²) in [5, 5.41) is 8.24. The number of rotatable bonds is 7. The van der Waals surface area contributed by atoms with Gasteiger partial charge in [0, 0.05) is 51.4 Å². The lowest BCUT2D eigenvalue weighted by molar-refractivity contribution is 0.0606. The summed E-state index contributed by atoms with van der Waals surface area (Å²) in [5.41, 5.74) is 2.90. The number of nitrogens with one attached hydrogen (secondary N) is 2. The lowest BCUT2D eigenvalue weighted by atomic mass is 9.97. The number of alkyl halides is 1. The van der Waals surface area contributed by atoms with Crippen LogP contribution in [0.25, 0.3) is 5.65 Å². The molecule has 0 radical (unpaired) electrons. The van der Waals surface area contributed by atoms with Crippen LogP contribution < -0.4 is 19.8 Å². The van der Waals surface area contributed by atoms with Crippen LogP contribution in [0.1, 0.15) is 53.3 Å². The van der Waals surface area contributed by atoms with Crippen LogP contribution in [0.3, 0.4) is 0 Å². The lowest BCUT2D eigenvalue weighted by Gasteiger charge is -2.36. The van der Waals surface area contributed by atoms with E-state index in [0.29, 0.717) is 30.8 Å². The molecule has 0 bridgehead atoms. The van der Waals surface area contributed by atoms with Gasteiger partial charge in [0.25, 0.3) is 5.91 Å². The van der Waals surface area contributed by atoms with E-state index < -0.39 is 16.7 Å². The van der Waals surface area contributed by atoms with Crippen molar-refractivity contribution in [3.05, 3.63) is 47.2 Å². The molecule has 0 aliphatic carbocycles. The molecule has 2 aromatic heterocycles. The van der Waals surface area contributed by atoms with Crippen molar-refractivity contribution in [3.8, 4) is 0 Å². The number of piperazine rings is 1. The monoisotopic (exact) mass is 584 g/mol. The number of likely N-dealkylation sites (tertiary alicyclic amines) is 1. The van der Waals surface area contributed by atoms with Crippen molar-refractivity contribution in [2.45, 2.75) is 44.7 Å². The van der Waals surface area contributed by atoms with Gasteiger partial charge in [-0.15, -0.1) is 0 Å². The predicted octanol–water partition coefficient (Wildman–Crippen LogP) is 2.73. The molecule has 3 aromatic rings. The fraction of sp³-hybridized carbons (Fsp3) is 0.536. The SMILES string of the molecule is Cc1ccc(NS(C)(=O)=O)c(C(=O)N2CCCCC2c2cc3nc(N4CCC4)cc(N4CCNC(CF)C4)n3n2)c1. The van der Waals surface area contributed by atoms with Gasteiger partial charge in [-0.3, -0.25) is 9.52 Å². The fourth-order valence-electron chi connectivity index (χ4n) is 5.96. The maximum absolute atomic E-state index is 14.0. The molecular formula is C28H37FN8O3S. The van der Waals surface area contributed by atoms with Crippen LogP contribution in [-0.2, 0) is 10.0 Å². The zero-order chi connectivity index (χ0) is 28.7. The third-order valence-corrected chi connectivity index (χ3v) is 8.76. The summed E-state index contributed by atoms with van der Waals surface area (Å²) in [6.45, 7) is 5.80. The van der Waals surface area contributed by atoms with Gasteiger partial charge in [0.05, 0.1) is 35.3 Å². The van der Waals surface area contributed by atoms with Crippen molar-refractivity contribution in [3.63, 3.8) is 0 Å². The first-order valence-electron chi connectivity index (χ1n) is 14.3. The summed E-state index contributed by atoms with van der Waals surface area (Å²) >= 11 is 0. The van der Waals surface area contributed by atoms with E-state index in [9.17, 15) is 17.6 Å². The van der Waals surface area contributed by atoms with Crippen molar-refractivity contribution in [1.29, 1.82) is 0 Å². The highest BCUT2D eigenvalue weighted by Gasteiger charge is 2.33. The van der Waals surface area contributed by atoms with E-state index >= 15 is 0 Å². The first-order valence-corrected chi connectivity index (χ1v) is 16.2. The Morgan fingerprint density at radius 3 is 2.66 bits per heavy atom. The zero-order valence-electron chi connectivity index (χ0n) is 23.5. The van der Waals surface area contributed by atoms with Crippen LogP contribution in [0.2, 0.25) is 0 Å². The van der Waals surface area contributed by atoms with E-state index in [0.717, 1.165) is 74.5 Å². The number of aromatic nitrogens is 3. The highest BCUT2D eigenvalue weighted by atomic mass is 32.2. The van der Waals surface area contributed by atoms with Gasteiger partial charge < -0.3 is 20.0 Å². The molecule has 3 saturated heterocycles. The Morgan fingerprint density at radius 2 is 1.93 bits per heavy atom. The Bertz CT molecular complexity index is 1560. The molecule has 41 heavy (non-hydrogen) atoms. The maximum Gasteiger partial charge on any atom is 0.256 e. The number of hydrogen-bond acceptors (Lipinski definition) is 8. The number of halogens is 1. The number of piperidine rings is 1. The summed E-state index contributed by atoms with van der Waals surface area (Å²) in [6, 6.07) is 8.63. The van der Waals surface area contributed by atoms with Crippen molar-refractivity contribution in [2.75, 3.05) is 66.7 Å². The topological polar surface area (TPSA) is 115 Å². The highest BCUT2D eigenvalue weighted by Crippen LogP contribution is 2.35. The maximum atomic E-state index is 14.0. The van der Waals surface area contributed by atoms with Crippen molar-refractivity contribution in [2.24, 2.45) is 0 Å². The smallest absolute Gasteiger partial charge is 0.256 e. The third-order valence-electron chi connectivity index (χ3n) is 8.17. The van der Waals surface area contributed by atoms with E-state index in [4.69, 9.17) is 10.1 Å². The molecular weight excluding hydrogens is 547 g/mol. The number of aryl methyl sites for hydroxylation is 1. The van der Waals surface area contributed by atoms with Gasteiger partial charge in [-0.1, -0.05) is 11.6 Å². The predicted molar refractivity (Wildman–Crippen MR) is 157 cm³/mol. The van der Waals surface area contributed by atoms with Crippen molar-refractivity contribution in [1.82, 2.24) is 24.8 Å². The second kappa shape index (κ2) is 11.1. The molecule has 13 heteroatoms. The quantitative estimate of drug-likeness (QED) is 0.436. The second-order valence-corrected chi connectivity index (χ2v) is 13.1. The zero-order valence-corrected chi connectivity index (χ0v) is 24.3. The molecule has 6 rings (SSSR count). The number of nitrogens with zero attached hydrogens (tertiary/aromatic N) is 6. The van der Waals surface area contributed by atoms with E-state index in [1.807, 2.05) is 28.5 Å². The van der Waals surface area contributed by atoms with Crippen LogP contribution in [0.5, 0.6) is 0 Å². The van der Waals surface area contributed by atoms with E-state index in [1.54, 1.807) is 18.2 Å². The van der Waals surface area contributed by atoms with E-state index in [-0.39, 0.29) is 23.7 Å². The van der Waals surface area contributed by atoms with Gasteiger partial charge in [0.2, 0.25) is 10.0 Å². The molecule has 1 aromatic carbocycles. The van der Waals surface area contributed by atoms with Crippen LogP contribution >= 0.6 is 0 Å². The number of anilines is 3. The van der Waals surface area contributed by atoms with Gasteiger partial charge in [0.15, 0.2) is 5.65 Å². The van der Waals surface area contributed by atoms with Crippen LogP contribution in [0, 0.1) is 6.92 Å². The molecule has 0 saturated carbocycles. The summed E-state index contributed by atoms with van der Waals surface area (Å²) in [6.07, 6.45) is 4.74. The van der Waals surface area contributed by atoms with Gasteiger partial charge in [-0.05, 0) is 44.7 Å². The minimum atomic E-state index is -3.57. The van der Waals surface area contributed by atoms with Crippen LogP contribution in [0.15, 0.2) is 30.3 Å². The van der Waals surface area contributed by atoms with Crippen molar-refractivity contribution < 1.29 is 17.6 Å². The minimum absolute atomic E-state index is 0.232. The van der Waals surface area contributed by atoms with Crippen LogP contribution in [0.4, 0.5) is 21.7 Å². The summed E-state index contributed by atoms with van der Waals surface area (Å²) in [5.74, 6) is 1.52. The Hall–Kier alpha value is -3.45. The Morgan fingerprint density at radius 1 is 1.10 bits per heavy atom. The highest BCUT2D eigenvalue weighted by molar-refractivity contribution is 7.92. The average Bonchev–Trinajstić information content (AvgIpc) is 3.36. The van der Waals surface area contributed by atoms with Gasteiger partial charge in [0.1, 0.15) is 18.3 Å². The molecule has 11 nitrogen and oxygen atoms in total. The molecule has 3 aliphatic heterocycles. The summed E-state index contributed by atoms with van der Waals surface area (Å²) in [7, 11) is -3.57. The molecule has 2 unspecified atom stereocenters. The summed E-state index contributed by atoms with van der Waals surface area (Å²) < 4.78 is 42.0. The molecule has 0 spiro atoms. The first kappa shape index (κ1) is 27.7. The molecule has 3 fully saturated rings. The second-order valence-electron chi connectivity index (χ2n) is 11.3. The number of benzene rings is 1. The Kier molecular flexibility index (Phi) is 7.49. The molecule has 5 heterocycles. The first-order chi connectivity index (χ1) is 19.7. The molecule has 3 aliphatic rings.